The average Bonchev–Trinajstić information content (AvgIpc) is 2.53. The lowest BCUT2D eigenvalue weighted by Gasteiger charge is -2.30. The van der Waals surface area contributed by atoms with E-state index in [-0.39, 0.29) is 11.6 Å². The van der Waals surface area contributed by atoms with E-state index in [4.69, 9.17) is 4.74 Å². The fraction of sp³-hybridized carbons (Fsp3) is 0.700. The second kappa shape index (κ2) is 8.07. The van der Waals surface area contributed by atoms with Gasteiger partial charge in [-0.05, 0) is 76.0 Å². The zero-order valence-corrected chi connectivity index (χ0v) is 16.7. The van der Waals surface area contributed by atoms with Gasteiger partial charge in [0.1, 0.15) is 0 Å². The van der Waals surface area contributed by atoms with Gasteiger partial charge in [0.05, 0.1) is 17.6 Å². The summed E-state index contributed by atoms with van der Waals surface area (Å²) in [5, 5.41) is 0. The molecule has 5 heteroatoms. The summed E-state index contributed by atoms with van der Waals surface area (Å²) in [5.74, 6) is 1.19. The van der Waals surface area contributed by atoms with E-state index in [0.717, 1.165) is 44.1 Å². The third-order valence-corrected chi connectivity index (χ3v) is 8.19. The third-order valence-electron chi connectivity index (χ3n) is 5.41. The Morgan fingerprint density at radius 1 is 1.12 bits per heavy atom. The molecule has 2 rings (SSSR count). The van der Waals surface area contributed by atoms with Crippen LogP contribution in [-0.2, 0) is 16.3 Å². The summed E-state index contributed by atoms with van der Waals surface area (Å²) < 4.78 is 42.7. The first-order chi connectivity index (χ1) is 11.6. The van der Waals surface area contributed by atoms with Gasteiger partial charge in [-0.1, -0.05) is 18.9 Å². The predicted molar refractivity (Wildman–Crippen MR) is 100 cm³/mol. The molecule has 1 aromatic carbocycles. The Morgan fingerprint density at radius 3 is 2.24 bits per heavy atom. The van der Waals surface area contributed by atoms with E-state index in [9.17, 15) is 12.8 Å². The highest BCUT2D eigenvalue weighted by atomic mass is 32.2. The maximum absolute atomic E-state index is 13.7. The summed E-state index contributed by atoms with van der Waals surface area (Å²) in [6.07, 6.45) is 6.00. The highest BCUT2D eigenvalue weighted by Crippen LogP contribution is 2.34. The van der Waals surface area contributed by atoms with E-state index in [2.05, 4.69) is 0 Å². The third kappa shape index (κ3) is 5.44. The molecule has 0 aliphatic heterocycles. The van der Waals surface area contributed by atoms with Crippen LogP contribution in [0.4, 0.5) is 4.39 Å². The molecule has 0 saturated heterocycles. The van der Waals surface area contributed by atoms with Gasteiger partial charge in [-0.25, -0.2) is 12.8 Å². The first-order valence-corrected chi connectivity index (χ1v) is 10.8. The van der Waals surface area contributed by atoms with Crippen LogP contribution in [-0.4, -0.2) is 26.0 Å². The van der Waals surface area contributed by atoms with E-state index >= 15 is 0 Å². The molecule has 0 spiro atoms. The molecule has 3 nitrogen and oxygen atoms in total. The zero-order chi connectivity index (χ0) is 18.7. The van der Waals surface area contributed by atoms with Crippen LogP contribution >= 0.6 is 0 Å². The second-order valence-electron chi connectivity index (χ2n) is 8.29. The number of hydrogen-bond donors (Lipinski definition) is 0. The summed E-state index contributed by atoms with van der Waals surface area (Å²) in [7, 11) is -1.57. The van der Waals surface area contributed by atoms with Gasteiger partial charge in [0.15, 0.2) is 21.4 Å². The van der Waals surface area contributed by atoms with Crippen LogP contribution < -0.4 is 4.74 Å². The lowest BCUT2D eigenvalue weighted by Crippen LogP contribution is -2.34. The van der Waals surface area contributed by atoms with Crippen molar-refractivity contribution in [2.45, 2.75) is 64.0 Å². The Balaban J connectivity index is 1.80. The molecule has 0 N–H and O–H groups in total. The van der Waals surface area contributed by atoms with Crippen LogP contribution in [0.15, 0.2) is 18.2 Å². The van der Waals surface area contributed by atoms with Gasteiger partial charge in [0.25, 0.3) is 0 Å². The first kappa shape index (κ1) is 20.2. The molecular weight excluding hydrogens is 339 g/mol. The molecule has 0 unspecified atom stereocenters. The van der Waals surface area contributed by atoms with E-state index in [1.807, 2.05) is 6.07 Å². The molecule has 0 amide bonds. The predicted octanol–water partition coefficient (Wildman–Crippen LogP) is 4.79. The number of methoxy groups -OCH3 is 1. The Morgan fingerprint density at radius 2 is 1.72 bits per heavy atom. The molecule has 1 aliphatic rings. The van der Waals surface area contributed by atoms with Crippen molar-refractivity contribution in [1.82, 2.24) is 0 Å². The quantitative estimate of drug-likeness (QED) is 0.723. The van der Waals surface area contributed by atoms with E-state index in [0.29, 0.717) is 17.6 Å². The summed E-state index contributed by atoms with van der Waals surface area (Å²) in [5.41, 5.74) is 0.996. The average molecular weight is 371 g/mol. The van der Waals surface area contributed by atoms with E-state index in [1.165, 1.54) is 7.11 Å². The van der Waals surface area contributed by atoms with Crippen molar-refractivity contribution >= 4 is 9.84 Å². The molecule has 25 heavy (non-hydrogen) atoms. The molecule has 1 fully saturated rings. The van der Waals surface area contributed by atoms with E-state index < -0.39 is 14.6 Å². The summed E-state index contributed by atoms with van der Waals surface area (Å²) in [6.45, 7) is 5.34. The monoisotopic (exact) mass is 370 g/mol. The van der Waals surface area contributed by atoms with Gasteiger partial charge in [-0.3, -0.25) is 0 Å². The van der Waals surface area contributed by atoms with Crippen molar-refractivity contribution in [2.75, 3.05) is 12.9 Å². The fourth-order valence-corrected chi connectivity index (χ4v) is 4.94. The van der Waals surface area contributed by atoms with Gasteiger partial charge in [0, 0.05) is 0 Å². The smallest absolute Gasteiger partial charge is 0.165 e. The number of benzene rings is 1. The molecule has 0 radical (unpaired) electrons. The minimum atomic E-state index is -3.04. The van der Waals surface area contributed by atoms with Crippen LogP contribution in [0.2, 0.25) is 0 Å². The summed E-state index contributed by atoms with van der Waals surface area (Å²) >= 11 is 0. The maximum Gasteiger partial charge on any atom is 0.165 e. The fourth-order valence-electron chi connectivity index (χ4n) is 3.48. The molecule has 1 aromatic rings. The largest absolute Gasteiger partial charge is 0.494 e. The number of aryl methyl sites for hydroxylation is 1. The highest BCUT2D eigenvalue weighted by Gasteiger charge is 2.33. The first-order valence-electron chi connectivity index (χ1n) is 9.17. The van der Waals surface area contributed by atoms with Crippen molar-refractivity contribution < 1.29 is 17.5 Å². The van der Waals surface area contributed by atoms with Crippen LogP contribution in [0.1, 0.15) is 58.4 Å². The minimum Gasteiger partial charge on any atom is -0.494 e. The lowest BCUT2D eigenvalue weighted by atomic mass is 9.80. The number of sulfone groups is 1. The van der Waals surface area contributed by atoms with Crippen LogP contribution in [0.3, 0.4) is 0 Å². The second-order valence-corrected chi connectivity index (χ2v) is 11.1. The summed E-state index contributed by atoms with van der Waals surface area (Å²) in [6, 6.07) is 5.16. The molecule has 0 heterocycles. The normalized spacial score (nSPS) is 22.0. The Bertz CT molecular complexity index is 669. The van der Waals surface area contributed by atoms with Gasteiger partial charge < -0.3 is 4.74 Å². The van der Waals surface area contributed by atoms with E-state index in [1.54, 1.807) is 32.9 Å². The standard InChI is InChI=1S/C20H31FO3S/c1-20(2,3)25(22,23)14-17-9-6-15(7-10-17)5-8-16-11-12-19(24-4)18(21)13-16/h11-13,15,17H,5-10,14H2,1-4H3. The topological polar surface area (TPSA) is 43.4 Å². The number of hydrogen-bond acceptors (Lipinski definition) is 3. The molecule has 1 aliphatic carbocycles. The van der Waals surface area contributed by atoms with Gasteiger partial charge in [-0.15, -0.1) is 0 Å². The lowest BCUT2D eigenvalue weighted by molar-refractivity contribution is 0.278. The molecule has 1 saturated carbocycles. The van der Waals surface area contributed by atoms with Crippen LogP contribution in [0.5, 0.6) is 5.75 Å². The van der Waals surface area contributed by atoms with Crippen molar-refractivity contribution in [1.29, 1.82) is 0 Å². The number of halogens is 1. The van der Waals surface area contributed by atoms with Gasteiger partial charge >= 0.3 is 0 Å². The Labute approximate surface area is 151 Å². The number of rotatable bonds is 6. The zero-order valence-electron chi connectivity index (χ0n) is 15.8. The summed E-state index contributed by atoms with van der Waals surface area (Å²) in [4.78, 5) is 0. The maximum atomic E-state index is 13.7. The molecule has 0 aromatic heterocycles. The van der Waals surface area contributed by atoms with Crippen molar-refractivity contribution in [2.24, 2.45) is 11.8 Å². The molecular formula is C20H31FO3S. The molecule has 0 atom stereocenters. The molecule has 0 bridgehead atoms. The van der Waals surface area contributed by atoms with Crippen molar-refractivity contribution in [3.8, 4) is 5.75 Å². The SMILES string of the molecule is COc1ccc(CCC2CCC(CS(=O)(=O)C(C)(C)C)CC2)cc1F. The van der Waals surface area contributed by atoms with Gasteiger partial charge in [0.2, 0.25) is 0 Å². The minimum absolute atomic E-state index is 0.282. The van der Waals surface area contributed by atoms with Crippen LogP contribution in [0.25, 0.3) is 0 Å². The van der Waals surface area contributed by atoms with Crippen molar-refractivity contribution in [3.63, 3.8) is 0 Å². The number of ether oxygens (including phenoxy) is 1. The van der Waals surface area contributed by atoms with Crippen molar-refractivity contribution in [3.05, 3.63) is 29.6 Å². The Hall–Kier alpha value is -1.10. The van der Waals surface area contributed by atoms with Crippen LogP contribution in [0, 0.1) is 17.7 Å². The molecule has 142 valence electrons. The van der Waals surface area contributed by atoms with Gasteiger partial charge in [-0.2, -0.15) is 0 Å². The Kier molecular flexibility index (Phi) is 6.52. The highest BCUT2D eigenvalue weighted by molar-refractivity contribution is 7.92.